The molecule has 2 heterocycles. The molecule has 4 nitrogen and oxygen atoms in total. The fourth-order valence-corrected chi connectivity index (χ4v) is 2.05. The van der Waals surface area contributed by atoms with Gasteiger partial charge in [0.25, 0.3) is 0 Å². The number of hydrogen-bond donors (Lipinski definition) is 1. The molecular formula is C12H18N2O2. The number of nitrogens with two attached hydrogens (primary N) is 1. The summed E-state index contributed by atoms with van der Waals surface area (Å²) in [6, 6.07) is 1.94. The molecule has 1 aromatic rings. The summed E-state index contributed by atoms with van der Waals surface area (Å²) in [5, 5.41) is 0. The highest BCUT2D eigenvalue weighted by Crippen LogP contribution is 2.27. The quantitative estimate of drug-likeness (QED) is 0.842. The molecule has 0 saturated carbocycles. The Hall–Kier alpha value is -1.13. The molecular weight excluding hydrogens is 204 g/mol. The minimum absolute atomic E-state index is 0.0112. The van der Waals surface area contributed by atoms with Crippen molar-refractivity contribution in [3.05, 3.63) is 24.0 Å². The van der Waals surface area contributed by atoms with Crippen LogP contribution in [0.5, 0.6) is 5.75 Å². The fraction of sp³-hybridized carbons (Fsp3) is 0.583. The lowest BCUT2D eigenvalue weighted by atomic mass is 9.90. The Balaban J connectivity index is 2.09. The Morgan fingerprint density at radius 1 is 1.56 bits per heavy atom. The second-order valence-electron chi connectivity index (χ2n) is 4.16. The smallest absolute Gasteiger partial charge is 0.137 e. The second-order valence-corrected chi connectivity index (χ2v) is 4.16. The van der Waals surface area contributed by atoms with E-state index in [0.29, 0.717) is 5.92 Å². The van der Waals surface area contributed by atoms with Gasteiger partial charge in [-0.25, -0.2) is 0 Å². The maximum atomic E-state index is 6.22. The number of methoxy groups -OCH3 is 1. The van der Waals surface area contributed by atoms with Crippen molar-refractivity contribution in [1.29, 1.82) is 0 Å². The van der Waals surface area contributed by atoms with Gasteiger partial charge in [-0.3, -0.25) is 4.98 Å². The van der Waals surface area contributed by atoms with Crippen molar-refractivity contribution in [2.45, 2.75) is 18.9 Å². The maximum absolute atomic E-state index is 6.22. The highest BCUT2D eigenvalue weighted by Gasteiger charge is 2.22. The molecule has 88 valence electrons. The van der Waals surface area contributed by atoms with Crippen LogP contribution >= 0.6 is 0 Å². The van der Waals surface area contributed by atoms with Gasteiger partial charge in [-0.15, -0.1) is 0 Å². The zero-order valence-electron chi connectivity index (χ0n) is 9.56. The van der Waals surface area contributed by atoms with Crippen LogP contribution in [-0.4, -0.2) is 25.3 Å². The predicted molar refractivity (Wildman–Crippen MR) is 61.3 cm³/mol. The van der Waals surface area contributed by atoms with Crippen LogP contribution in [-0.2, 0) is 4.74 Å². The van der Waals surface area contributed by atoms with Crippen molar-refractivity contribution in [2.24, 2.45) is 11.7 Å². The topological polar surface area (TPSA) is 57.4 Å². The Morgan fingerprint density at radius 2 is 2.44 bits per heavy atom. The summed E-state index contributed by atoms with van der Waals surface area (Å²) in [7, 11) is 1.63. The lowest BCUT2D eigenvalue weighted by Crippen LogP contribution is -2.29. The maximum Gasteiger partial charge on any atom is 0.137 e. The molecule has 0 radical (unpaired) electrons. The summed E-state index contributed by atoms with van der Waals surface area (Å²) in [5.41, 5.74) is 7.24. The van der Waals surface area contributed by atoms with E-state index in [2.05, 4.69) is 4.98 Å². The van der Waals surface area contributed by atoms with Gasteiger partial charge in [0.1, 0.15) is 5.75 Å². The van der Waals surface area contributed by atoms with Crippen LogP contribution in [0.25, 0.3) is 0 Å². The van der Waals surface area contributed by atoms with Gasteiger partial charge in [-0.2, -0.15) is 0 Å². The number of nitrogens with zero attached hydrogens (tertiary/aromatic N) is 1. The first-order valence-electron chi connectivity index (χ1n) is 5.63. The molecule has 1 aromatic heterocycles. The molecule has 2 atom stereocenters. The minimum Gasteiger partial charge on any atom is -0.495 e. The van der Waals surface area contributed by atoms with E-state index < -0.39 is 0 Å². The first-order chi connectivity index (χ1) is 7.81. The van der Waals surface area contributed by atoms with Crippen LogP contribution in [0.4, 0.5) is 0 Å². The summed E-state index contributed by atoms with van der Waals surface area (Å²) in [6.07, 6.45) is 5.71. The molecule has 16 heavy (non-hydrogen) atoms. The van der Waals surface area contributed by atoms with Gasteiger partial charge in [0, 0.05) is 24.8 Å². The molecule has 1 aliphatic rings. The molecule has 1 saturated heterocycles. The van der Waals surface area contributed by atoms with E-state index >= 15 is 0 Å². The predicted octanol–water partition coefficient (Wildman–Crippen LogP) is 1.52. The standard InChI is InChI=1S/C12H18N2O2/c1-15-11-5-10(6-14-7-11)12(13)9-3-2-4-16-8-9/h5-7,9,12H,2-4,8,13H2,1H3. The first kappa shape index (κ1) is 11.4. The van der Waals surface area contributed by atoms with E-state index in [-0.39, 0.29) is 6.04 Å². The molecule has 4 heteroatoms. The molecule has 2 rings (SSSR count). The SMILES string of the molecule is COc1cncc(C(N)C2CCCOC2)c1. The van der Waals surface area contributed by atoms with E-state index in [1.54, 1.807) is 13.3 Å². The molecule has 0 aliphatic carbocycles. The third-order valence-electron chi connectivity index (χ3n) is 3.06. The fourth-order valence-electron chi connectivity index (χ4n) is 2.05. The largest absolute Gasteiger partial charge is 0.495 e. The van der Waals surface area contributed by atoms with E-state index in [9.17, 15) is 0 Å². The number of aromatic nitrogens is 1. The van der Waals surface area contributed by atoms with E-state index in [0.717, 1.165) is 37.4 Å². The normalized spacial score (nSPS) is 22.8. The van der Waals surface area contributed by atoms with E-state index in [1.165, 1.54) is 0 Å². The molecule has 0 bridgehead atoms. The highest BCUT2D eigenvalue weighted by atomic mass is 16.5. The van der Waals surface area contributed by atoms with Crippen LogP contribution < -0.4 is 10.5 Å². The van der Waals surface area contributed by atoms with Gasteiger partial charge in [0.05, 0.1) is 19.9 Å². The zero-order valence-corrected chi connectivity index (χ0v) is 9.56. The number of rotatable bonds is 3. The van der Waals surface area contributed by atoms with Crippen LogP contribution in [0.15, 0.2) is 18.5 Å². The van der Waals surface area contributed by atoms with Crippen LogP contribution in [0.2, 0.25) is 0 Å². The molecule has 1 aliphatic heterocycles. The second kappa shape index (κ2) is 5.27. The minimum atomic E-state index is -0.0112. The summed E-state index contributed by atoms with van der Waals surface area (Å²) in [5.74, 6) is 1.15. The summed E-state index contributed by atoms with van der Waals surface area (Å²) in [4.78, 5) is 4.13. The summed E-state index contributed by atoms with van der Waals surface area (Å²) < 4.78 is 10.6. The molecule has 2 N–H and O–H groups in total. The van der Waals surface area contributed by atoms with Gasteiger partial charge in [0.2, 0.25) is 0 Å². The first-order valence-corrected chi connectivity index (χ1v) is 5.63. The third-order valence-corrected chi connectivity index (χ3v) is 3.06. The zero-order chi connectivity index (χ0) is 11.4. The van der Waals surface area contributed by atoms with E-state index in [4.69, 9.17) is 15.2 Å². The molecule has 1 fully saturated rings. The average Bonchev–Trinajstić information content (AvgIpc) is 2.39. The highest BCUT2D eigenvalue weighted by molar-refractivity contribution is 5.26. The monoisotopic (exact) mass is 222 g/mol. The van der Waals surface area contributed by atoms with Crippen molar-refractivity contribution in [3.63, 3.8) is 0 Å². The Kier molecular flexibility index (Phi) is 3.74. The Bertz CT molecular complexity index is 338. The third kappa shape index (κ3) is 2.51. The number of pyridine rings is 1. The van der Waals surface area contributed by atoms with Crippen molar-refractivity contribution < 1.29 is 9.47 Å². The molecule has 0 spiro atoms. The van der Waals surface area contributed by atoms with E-state index in [1.807, 2.05) is 12.3 Å². The lowest BCUT2D eigenvalue weighted by molar-refractivity contribution is 0.0447. The number of hydrogen-bond acceptors (Lipinski definition) is 4. The summed E-state index contributed by atoms with van der Waals surface area (Å²) >= 11 is 0. The Labute approximate surface area is 95.8 Å². The molecule has 2 unspecified atom stereocenters. The lowest BCUT2D eigenvalue weighted by Gasteiger charge is -2.27. The summed E-state index contributed by atoms with van der Waals surface area (Å²) in [6.45, 7) is 1.61. The van der Waals surface area contributed by atoms with Crippen molar-refractivity contribution in [1.82, 2.24) is 4.98 Å². The van der Waals surface area contributed by atoms with Crippen LogP contribution in [0.1, 0.15) is 24.4 Å². The van der Waals surface area contributed by atoms with Crippen LogP contribution in [0, 0.1) is 5.92 Å². The Morgan fingerprint density at radius 3 is 3.12 bits per heavy atom. The van der Waals surface area contributed by atoms with Gasteiger partial charge in [-0.05, 0) is 24.5 Å². The van der Waals surface area contributed by atoms with Gasteiger partial charge in [0.15, 0.2) is 0 Å². The van der Waals surface area contributed by atoms with Gasteiger partial charge in [-0.1, -0.05) is 0 Å². The number of ether oxygens (including phenoxy) is 2. The van der Waals surface area contributed by atoms with Crippen molar-refractivity contribution >= 4 is 0 Å². The van der Waals surface area contributed by atoms with Crippen molar-refractivity contribution in [2.75, 3.05) is 20.3 Å². The average molecular weight is 222 g/mol. The van der Waals surface area contributed by atoms with Gasteiger partial charge >= 0.3 is 0 Å². The van der Waals surface area contributed by atoms with Crippen molar-refractivity contribution in [3.8, 4) is 5.75 Å². The molecule has 0 amide bonds. The molecule has 0 aromatic carbocycles. The van der Waals surface area contributed by atoms with Gasteiger partial charge < -0.3 is 15.2 Å². The van der Waals surface area contributed by atoms with Crippen LogP contribution in [0.3, 0.4) is 0 Å².